The van der Waals surface area contributed by atoms with Crippen molar-refractivity contribution in [1.29, 1.82) is 0 Å². The molecule has 0 amide bonds. The highest BCUT2D eigenvalue weighted by molar-refractivity contribution is 7.85. The van der Waals surface area contributed by atoms with Gasteiger partial charge in [0.1, 0.15) is 6.10 Å². The fraction of sp³-hybridized carbons (Fsp3) is 0.400. The number of para-hydroxylation sites is 2. The Labute approximate surface area is 166 Å². The lowest BCUT2D eigenvalue weighted by Crippen LogP contribution is -2.43. The number of nitrogens with one attached hydrogen (secondary N) is 1. The first-order valence-electron chi connectivity index (χ1n) is 9.06. The zero-order valence-corrected chi connectivity index (χ0v) is 16.9. The molecule has 1 fully saturated rings. The van der Waals surface area contributed by atoms with E-state index in [-0.39, 0.29) is 12.2 Å². The van der Waals surface area contributed by atoms with Crippen LogP contribution < -0.4 is 14.8 Å². The summed E-state index contributed by atoms with van der Waals surface area (Å²) in [6, 6.07) is 18.0. The summed E-state index contributed by atoms with van der Waals surface area (Å²) in [5.74, 6) is 1.51. The van der Waals surface area contributed by atoms with E-state index < -0.39 is 10.1 Å². The van der Waals surface area contributed by atoms with Crippen LogP contribution in [0.4, 0.5) is 0 Å². The first kappa shape index (κ1) is 22.2. The van der Waals surface area contributed by atoms with E-state index in [1.165, 1.54) is 0 Å². The molecule has 0 spiro atoms. The van der Waals surface area contributed by atoms with Gasteiger partial charge in [0.05, 0.1) is 19.5 Å². The van der Waals surface area contributed by atoms with Gasteiger partial charge in [0.2, 0.25) is 0 Å². The van der Waals surface area contributed by atoms with Crippen LogP contribution in [0, 0.1) is 0 Å². The molecule has 2 aromatic rings. The molecule has 0 aliphatic carbocycles. The molecule has 2 N–H and O–H groups in total. The topological polar surface area (TPSA) is 94.1 Å². The van der Waals surface area contributed by atoms with Crippen LogP contribution >= 0.6 is 0 Å². The third-order valence-corrected chi connectivity index (χ3v) is 3.83. The van der Waals surface area contributed by atoms with E-state index in [0.717, 1.165) is 30.2 Å². The van der Waals surface area contributed by atoms with Crippen LogP contribution in [0.1, 0.15) is 18.6 Å². The molecule has 0 bridgehead atoms. The van der Waals surface area contributed by atoms with Crippen LogP contribution in [0.2, 0.25) is 0 Å². The van der Waals surface area contributed by atoms with Crippen LogP contribution in [-0.2, 0) is 14.9 Å². The number of morpholine rings is 1. The van der Waals surface area contributed by atoms with E-state index >= 15 is 0 Å². The summed E-state index contributed by atoms with van der Waals surface area (Å²) in [6.45, 7) is 4.94. The molecule has 2 aromatic carbocycles. The minimum absolute atomic E-state index is 0.0270. The van der Waals surface area contributed by atoms with Crippen molar-refractivity contribution in [2.24, 2.45) is 0 Å². The van der Waals surface area contributed by atoms with E-state index in [4.69, 9.17) is 18.8 Å². The average Bonchev–Trinajstić information content (AvgIpc) is 2.67. The van der Waals surface area contributed by atoms with Gasteiger partial charge in [-0.15, -0.1) is 0 Å². The van der Waals surface area contributed by atoms with Crippen molar-refractivity contribution >= 4 is 10.1 Å². The van der Waals surface area contributed by atoms with E-state index in [9.17, 15) is 8.42 Å². The molecule has 1 saturated heterocycles. The molecule has 0 aromatic heterocycles. The maximum atomic E-state index is 9.19. The molecule has 28 heavy (non-hydrogen) atoms. The van der Waals surface area contributed by atoms with Crippen LogP contribution in [0.5, 0.6) is 11.5 Å². The predicted molar refractivity (Wildman–Crippen MR) is 108 cm³/mol. The molecule has 3 rings (SSSR count). The number of hydrogen-bond donors (Lipinski definition) is 2. The van der Waals surface area contributed by atoms with E-state index in [1.807, 2.05) is 49.4 Å². The average molecular weight is 410 g/mol. The molecule has 1 unspecified atom stereocenters. The van der Waals surface area contributed by atoms with Crippen LogP contribution in [0.3, 0.4) is 0 Å². The Kier molecular flexibility index (Phi) is 8.72. The minimum atomic E-state index is -3.67. The summed E-state index contributed by atoms with van der Waals surface area (Å²) in [6.07, 6.45) is 0.513. The summed E-state index contributed by atoms with van der Waals surface area (Å²) in [5.41, 5.74) is 1.10. The van der Waals surface area contributed by atoms with Gasteiger partial charge in [-0.25, -0.2) is 0 Å². The summed E-state index contributed by atoms with van der Waals surface area (Å²) in [4.78, 5) is 0. The normalized spacial score (nSPS) is 17.8. The Hall–Kier alpha value is -2.13. The van der Waals surface area contributed by atoms with Crippen LogP contribution in [-0.4, -0.2) is 51.6 Å². The predicted octanol–water partition coefficient (Wildman–Crippen LogP) is 2.70. The Morgan fingerprint density at radius 2 is 1.75 bits per heavy atom. The zero-order valence-electron chi connectivity index (χ0n) is 16.1. The first-order valence-corrected chi connectivity index (χ1v) is 10.9. The highest BCUT2D eigenvalue weighted by atomic mass is 32.2. The van der Waals surface area contributed by atoms with Gasteiger partial charge < -0.3 is 19.5 Å². The second-order valence-electron chi connectivity index (χ2n) is 6.18. The van der Waals surface area contributed by atoms with Crippen LogP contribution in [0.15, 0.2) is 54.6 Å². The molecular formula is C20H27NO6S. The summed E-state index contributed by atoms with van der Waals surface area (Å²) in [7, 11) is -3.67. The Morgan fingerprint density at radius 1 is 1.14 bits per heavy atom. The number of ether oxygens (including phenoxy) is 3. The molecule has 154 valence electrons. The van der Waals surface area contributed by atoms with Gasteiger partial charge in [-0.05, 0) is 24.6 Å². The van der Waals surface area contributed by atoms with E-state index in [1.54, 1.807) is 0 Å². The smallest absolute Gasteiger partial charge is 0.261 e. The van der Waals surface area contributed by atoms with Crippen molar-refractivity contribution in [2.45, 2.75) is 19.1 Å². The van der Waals surface area contributed by atoms with Crippen molar-refractivity contribution in [3.63, 3.8) is 0 Å². The second-order valence-corrected chi connectivity index (χ2v) is 7.64. The van der Waals surface area contributed by atoms with Crippen molar-refractivity contribution in [2.75, 3.05) is 32.6 Å². The fourth-order valence-corrected chi connectivity index (χ4v) is 2.74. The Bertz CT molecular complexity index is 798. The molecule has 7 nitrogen and oxygen atoms in total. The summed E-state index contributed by atoms with van der Waals surface area (Å²) in [5, 5.41) is 3.37. The zero-order chi connectivity index (χ0) is 20.4. The SMILES string of the molecule is CCOc1ccccc1OC(c1ccccc1)[C@H]1CNCCO1.CS(=O)(=O)O. The lowest BCUT2D eigenvalue weighted by molar-refractivity contribution is -0.0439. The molecular weight excluding hydrogens is 382 g/mol. The number of benzene rings is 2. The summed E-state index contributed by atoms with van der Waals surface area (Å²) >= 11 is 0. The molecule has 8 heteroatoms. The van der Waals surface area contributed by atoms with Gasteiger partial charge in [-0.1, -0.05) is 42.5 Å². The molecule has 0 saturated carbocycles. The lowest BCUT2D eigenvalue weighted by atomic mass is 10.0. The van der Waals surface area contributed by atoms with Crippen molar-refractivity contribution in [3.8, 4) is 11.5 Å². The minimum Gasteiger partial charge on any atom is -0.490 e. The Balaban J connectivity index is 0.000000500. The highest BCUT2D eigenvalue weighted by Crippen LogP contribution is 2.33. The largest absolute Gasteiger partial charge is 0.490 e. The van der Waals surface area contributed by atoms with Gasteiger partial charge in [0, 0.05) is 13.1 Å². The van der Waals surface area contributed by atoms with E-state index in [0.29, 0.717) is 19.5 Å². The molecule has 1 aliphatic heterocycles. The molecule has 1 aliphatic rings. The third-order valence-electron chi connectivity index (χ3n) is 3.83. The molecule has 0 radical (unpaired) electrons. The van der Waals surface area contributed by atoms with E-state index in [2.05, 4.69) is 17.4 Å². The quantitative estimate of drug-likeness (QED) is 0.709. The van der Waals surface area contributed by atoms with Gasteiger partial charge in [0.15, 0.2) is 17.6 Å². The summed E-state index contributed by atoms with van der Waals surface area (Å²) < 4.78 is 43.8. The third kappa shape index (κ3) is 7.85. The van der Waals surface area contributed by atoms with Crippen molar-refractivity contribution in [3.05, 3.63) is 60.2 Å². The lowest BCUT2D eigenvalue weighted by Gasteiger charge is -2.32. The van der Waals surface area contributed by atoms with Crippen molar-refractivity contribution < 1.29 is 27.2 Å². The van der Waals surface area contributed by atoms with Crippen LogP contribution in [0.25, 0.3) is 0 Å². The highest BCUT2D eigenvalue weighted by Gasteiger charge is 2.28. The van der Waals surface area contributed by atoms with Gasteiger partial charge >= 0.3 is 0 Å². The number of rotatable bonds is 6. The van der Waals surface area contributed by atoms with Crippen molar-refractivity contribution in [1.82, 2.24) is 5.32 Å². The first-order chi connectivity index (χ1) is 13.4. The standard InChI is InChI=1S/C19H23NO3.CH4O3S/c1-2-21-16-10-6-7-11-17(16)23-19(15-8-4-3-5-9-15)18-14-20-12-13-22-18;1-5(2,3)4/h3-11,18-20H,2,12-14H2,1H3;1H3,(H,2,3,4)/t18-,19?;/m1./s1. The van der Waals surface area contributed by atoms with Gasteiger partial charge in [-0.2, -0.15) is 8.42 Å². The monoisotopic (exact) mass is 409 g/mol. The Morgan fingerprint density at radius 3 is 2.32 bits per heavy atom. The van der Waals surface area contributed by atoms with Gasteiger partial charge in [-0.3, -0.25) is 4.55 Å². The maximum Gasteiger partial charge on any atom is 0.261 e. The molecule has 1 heterocycles. The maximum absolute atomic E-state index is 9.19. The fourth-order valence-electron chi connectivity index (χ4n) is 2.74. The van der Waals surface area contributed by atoms with Gasteiger partial charge in [0.25, 0.3) is 10.1 Å². The number of hydrogen-bond acceptors (Lipinski definition) is 6. The second kappa shape index (κ2) is 11.0. The molecule has 2 atom stereocenters.